The largest absolute Gasteiger partial charge is 0.334 e. The van der Waals surface area contributed by atoms with Gasteiger partial charge in [0, 0.05) is 15.5 Å². The number of halogens is 1. The number of hydrogen-bond acceptors (Lipinski definition) is 3. The monoisotopic (exact) mass is 396 g/mol. The molecule has 0 aliphatic heterocycles. The van der Waals surface area contributed by atoms with Crippen LogP contribution in [0.5, 0.6) is 0 Å². The van der Waals surface area contributed by atoms with Crippen molar-refractivity contribution in [3.8, 4) is 10.4 Å². The molecule has 2 aromatic heterocycles. The van der Waals surface area contributed by atoms with Crippen LogP contribution in [0.2, 0.25) is 5.02 Å². The maximum absolute atomic E-state index is 12.5. The summed E-state index contributed by atoms with van der Waals surface area (Å²) in [6.45, 7) is 2.71. The Morgan fingerprint density at radius 3 is 2.74 bits per heavy atom. The number of H-pyrrole nitrogens is 1. The van der Waals surface area contributed by atoms with Crippen molar-refractivity contribution < 1.29 is 5.32 Å². The lowest BCUT2D eigenvalue weighted by molar-refractivity contribution is -0.708. The third-order valence-corrected chi connectivity index (χ3v) is 5.86. The van der Waals surface area contributed by atoms with Gasteiger partial charge in [-0.25, -0.2) is 4.98 Å². The molecular weight excluding hydrogens is 378 g/mol. The van der Waals surface area contributed by atoms with Gasteiger partial charge in [0.05, 0.1) is 5.39 Å². The smallest absolute Gasteiger partial charge is 0.259 e. The van der Waals surface area contributed by atoms with E-state index in [1.165, 1.54) is 0 Å². The molecule has 0 fully saturated rings. The number of hydrogen-bond donors (Lipinski definition) is 2. The molecule has 136 valence electrons. The fourth-order valence-electron chi connectivity index (χ4n) is 3.03. The summed E-state index contributed by atoms with van der Waals surface area (Å²) in [6.07, 6.45) is 0. The Bertz CT molecular complexity index is 1140. The van der Waals surface area contributed by atoms with Gasteiger partial charge in [-0.15, -0.1) is 11.3 Å². The van der Waals surface area contributed by atoms with Crippen LogP contribution in [0.25, 0.3) is 20.7 Å². The second-order valence-electron chi connectivity index (χ2n) is 6.49. The van der Waals surface area contributed by atoms with Crippen LogP contribution in [0.15, 0.2) is 65.5 Å². The first-order chi connectivity index (χ1) is 13.1. The van der Waals surface area contributed by atoms with Crippen LogP contribution in [0.4, 0.5) is 0 Å². The highest BCUT2D eigenvalue weighted by Crippen LogP contribution is 2.30. The van der Waals surface area contributed by atoms with Gasteiger partial charge in [-0.2, -0.15) is 0 Å². The summed E-state index contributed by atoms with van der Waals surface area (Å²) in [4.78, 5) is 21.9. The SMILES string of the molecule is C[C@@H]([NH2+]Cc1nc2sc(-c3ccccc3)cc2c(=O)[nH]1)c1cccc(Cl)c1. The van der Waals surface area contributed by atoms with Gasteiger partial charge in [0.15, 0.2) is 5.82 Å². The molecule has 1 atom stereocenters. The Labute approximate surface area is 165 Å². The van der Waals surface area contributed by atoms with Crippen molar-refractivity contribution >= 4 is 33.2 Å². The van der Waals surface area contributed by atoms with Crippen molar-refractivity contribution in [1.82, 2.24) is 9.97 Å². The van der Waals surface area contributed by atoms with E-state index >= 15 is 0 Å². The summed E-state index contributed by atoms with van der Waals surface area (Å²) in [7, 11) is 0. The zero-order chi connectivity index (χ0) is 18.8. The lowest BCUT2D eigenvalue weighted by atomic mass is 10.1. The van der Waals surface area contributed by atoms with Crippen LogP contribution in [0.3, 0.4) is 0 Å². The number of nitrogens with one attached hydrogen (secondary N) is 1. The first-order valence-electron chi connectivity index (χ1n) is 8.77. The number of fused-ring (bicyclic) bond motifs is 1. The van der Waals surface area contributed by atoms with Crippen LogP contribution in [0, 0.1) is 0 Å². The Balaban J connectivity index is 1.57. The molecule has 2 aromatic carbocycles. The molecular formula is C21H19ClN3OS+. The van der Waals surface area contributed by atoms with Crippen LogP contribution >= 0.6 is 22.9 Å². The Kier molecular flexibility index (Phi) is 5.07. The van der Waals surface area contributed by atoms with Crippen molar-refractivity contribution in [2.75, 3.05) is 0 Å². The highest BCUT2D eigenvalue weighted by atomic mass is 35.5. The van der Waals surface area contributed by atoms with Crippen molar-refractivity contribution in [3.05, 3.63) is 87.4 Å². The molecule has 4 rings (SSSR count). The molecule has 0 saturated carbocycles. The first-order valence-corrected chi connectivity index (χ1v) is 9.96. The minimum absolute atomic E-state index is 0.0859. The average Bonchev–Trinajstić information content (AvgIpc) is 3.12. The van der Waals surface area contributed by atoms with Gasteiger partial charge in [0.1, 0.15) is 17.4 Å². The third-order valence-electron chi connectivity index (χ3n) is 4.55. The van der Waals surface area contributed by atoms with E-state index in [1.807, 2.05) is 54.6 Å². The van der Waals surface area contributed by atoms with E-state index in [0.29, 0.717) is 17.8 Å². The fraction of sp³-hybridized carbons (Fsp3) is 0.143. The molecule has 3 N–H and O–H groups in total. The number of nitrogens with zero attached hydrogens (tertiary/aromatic N) is 1. The summed E-state index contributed by atoms with van der Waals surface area (Å²) in [6, 6.07) is 20.0. The second kappa shape index (κ2) is 7.64. The molecule has 0 radical (unpaired) electrons. The average molecular weight is 397 g/mol. The topological polar surface area (TPSA) is 62.4 Å². The molecule has 0 saturated heterocycles. The Morgan fingerprint density at radius 2 is 1.96 bits per heavy atom. The molecule has 2 heterocycles. The van der Waals surface area contributed by atoms with Gasteiger partial charge in [-0.3, -0.25) is 4.79 Å². The minimum Gasteiger partial charge on any atom is -0.334 e. The maximum Gasteiger partial charge on any atom is 0.259 e. The van der Waals surface area contributed by atoms with Crippen molar-refractivity contribution in [3.63, 3.8) is 0 Å². The number of nitrogens with two attached hydrogens (primary N) is 1. The zero-order valence-corrected chi connectivity index (χ0v) is 16.3. The van der Waals surface area contributed by atoms with Gasteiger partial charge in [0.25, 0.3) is 5.56 Å². The number of rotatable bonds is 5. The van der Waals surface area contributed by atoms with E-state index in [4.69, 9.17) is 11.6 Å². The van der Waals surface area contributed by atoms with E-state index in [-0.39, 0.29) is 11.6 Å². The van der Waals surface area contributed by atoms with E-state index in [2.05, 4.69) is 28.3 Å². The predicted molar refractivity (Wildman–Crippen MR) is 111 cm³/mol. The highest BCUT2D eigenvalue weighted by molar-refractivity contribution is 7.21. The standard InChI is InChI=1S/C21H18ClN3OS/c1-13(15-8-5-9-16(22)10-15)23-12-19-24-20(26)17-11-18(27-21(17)25-19)14-6-3-2-4-7-14/h2-11,13,23H,12H2,1H3,(H,24,25,26)/p+1/t13-/m1/s1. The molecule has 27 heavy (non-hydrogen) atoms. The Morgan fingerprint density at radius 1 is 1.15 bits per heavy atom. The predicted octanol–water partition coefficient (Wildman–Crippen LogP) is 4.13. The number of benzene rings is 2. The molecule has 0 amide bonds. The van der Waals surface area contributed by atoms with Crippen LogP contribution in [-0.4, -0.2) is 9.97 Å². The van der Waals surface area contributed by atoms with Crippen LogP contribution in [-0.2, 0) is 6.54 Å². The molecule has 0 spiro atoms. The quantitative estimate of drug-likeness (QED) is 0.532. The van der Waals surface area contributed by atoms with Crippen LogP contribution in [0.1, 0.15) is 24.4 Å². The first kappa shape index (κ1) is 17.9. The van der Waals surface area contributed by atoms with E-state index < -0.39 is 0 Å². The van der Waals surface area contributed by atoms with E-state index in [1.54, 1.807) is 11.3 Å². The number of thiophene rings is 1. The molecule has 4 nitrogen and oxygen atoms in total. The number of quaternary nitrogens is 1. The normalized spacial score (nSPS) is 12.4. The van der Waals surface area contributed by atoms with E-state index in [0.717, 1.165) is 25.9 Å². The van der Waals surface area contributed by atoms with Crippen molar-refractivity contribution in [2.24, 2.45) is 0 Å². The zero-order valence-electron chi connectivity index (χ0n) is 14.8. The summed E-state index contributed by atoms with van der Waals surface area (Å²) in [5, 5.41) is 3.51. The van der Waals surface area contributed by atoms with Gasteiger partial charge < -0.3 is 10.3 Å². The van der Waals surface area contributed by atoms with Crippen molar-refractivity contribution in [1.29, 1.82) is 0 Å². The third kappa shape index (κ3) is 3.95. The lowest BCUT2D eigenvalue weighted by Gasteiger charge is -2.11. The molecule has 0 aliphatic carbocycles. The molecule has 0 bridgehead atoms. The summed E-state index contributed by atoms with van der Waals surface area (Å²) in [5.74, 6) is 0.683. The van der Waals surface area contributed by atoms with Gasteiger partial charge in [0.2, 0.25) is 0 Å². The summed E-state index contributed by atoms with van der Waals surface area (Å²) >= 11 is 7.62. The van der Waals surface area contributed by atoms with E-state index in [9.17, 15) is 4.79 Å². The Hall–Kier alpha value is -2.47. The molecule has 6 heteroatoms. The molecule has 4 aromatic rings. The number of aromatic amines is 1. The number of aromatic nitrogens is 2. The van der Waals surface area contributed by atoms with Crippen LogP contribution < -0.4 is 10.9 Å². The van der Waals surface area contributed by atoms with Gasteiger partial charge >= 0.3 is 0 Å². The molecule has 0 unspecified atom stereocenters. The molecule has 0 aliphatic rings. The minimum atomic E-state index is -0.0859. The van der Waals surface area contributed by atoms with Crippen molar-refractivity contribution in [2.45, 2.75) is 19.5 Å². The lowest BCUT2D eigenvalue weighted by Crippen LogP contribution is -2.83. The maximum atomic E-state index is 12.5. The summed E-state index contributed by atoms with van der Waals surface area (Å²) < 4.78 is 0. The second-order valence-corrected chi connectivity index (χ2v) is 7.96. The van der Waals surface area contributed by atoms with Gasteiger partial charge in [-0.1, -0.05) is 54.1 Å². The van der Waals surface area contributed by atoms with Gasteiger partial charge in [-0.05, 0) is 30.7 Å². The highest BCUT2D eigenvalue weighted by Gasteiger charge is 2.13. The summed E-state index contributed by atoms with van der Waals surface area (Å²) in [5.41, 5.74) is 2.16. The fourth-order valence-corrected chi connectivity index (χ4v) is 4.29.